The molecule has 0 amide bonds. The highest BCUT2D eigenvalue weighted by atomic mass is 19.4. The summed E-state index contributed by atoms with van der Waals surface area (Å²) in [6, 6.07) is 0. The van der Waals surface area contributed by atoms with E-state index in [0.717, 1.165) is 0 Å². The lowest BCUT2D eigenvalue weighted by Crippen LogP contribution is -2.37. The van der Waals surface area contributed by atoms with Crippen molar-refractivity contribution in [2.24, 2.45) is 0 Å². The summed E-state index contributed by atoms with van der Waals surface area (Å²) in [5.74, 6) is -1.59. The van der Waals surface area contributed by atoms with Gasteiger partial charge in [0, 0.05) is 27.8 Å². The molecule has 0 saturated carbocycles. The van der Waals surface area contributed by atoms with E-state index < -0.39 is 18.6 Å². The van der Waals surface area contributed by atoms with Gasteiger partial charge in [-0.3, -0.25) is 0 Å². The molecule has 6 heteroatoms. The third-order valence-corrected chi connectivity index (χ3v) is 1.65. The molecule has 80 valence electrons. The zero-order chi connectivity index (χ0) is 10.5. The smallest absolute Gasteiger partial charge is 0.331 e. The van der Waals surface area contributed by atoms with E-state index in [-0.39, 0.29) is 6.42 Å². The summed E-state index contributed by atoms with van der Waals surface area (Å²) in [6.45, 7) is 0. The Kier molecular flexibility index (Phi) is 4.66. The number of halogens is 3. The third-order valence-electron chi connectivity index (χ3n) is 1.65. The average molecular weight is 202 g/mol. The molecule has 0 aromatic carbocycles. The quantitative estimate of drug-likeness (QED) is 0.637. The minimum atomic E-state index is -4.24. The summed E-state index contributed by atoms with van der Waals surface area (Å²) >= 11 is 0. The van der Waals surface area contributed by atoms with Crippen molar-refractivity contribution in [3.8, 4) is 0 Å². The Hall–Kier alpha value is -0.330. The Bertz CT molecular complexity index is 134. The maximum absolute atomic E-state index is 11.8. The van der Waals surface area contributed by atoms with Crippen molar-refractivity contribution in [2.75, 3.05) is 21.3 Å². The molecule has 0 aliphatic rings. The first-order valence-corrected chi connectivity index (χ1v) is 3.61. The van der Waals surface area contributed by atoms with Crippen molar-refractivity contribution < 1.29 is 27.4 Å². The second-order valence-corrected chi connectivity index (χ2v) is 2.41. The van der Waals surface area contributed by atoms with Crippen LogP contribution < -0.4 is 0 Å². The van der Waals surface area contributed by atoms with Gasteiger partial charge in [0.25, 0.3) is 5.97 Å². The highest BCUT2D eigenvalue weighted by Gasteiger charge is 2.36. The molecule has 0 atom stereocenters. The lowest BCUT2D eigenvalue weighted by molar-refractivity contribution is -0.360. The lowest BCUT2D eigenvalue weighted by atomic mass is 10.2. The molecule has 0 aliphatic heterocycles. The van der Waals surface area contributed by atoms with Gasteiger partial charge in [-0.2, -0.15) is 13.2 Å². The van der Waals surface area contributed by atoms with Crippen molar-refractivity contribution in [1.82, 2.24) is 0 Å². The van der Waals surface area contributed by atoms with E-state index in [0.29, 0.717) is 0 Å². The monoisotopic (exact) mass is 202 g/mol. The van der Waals surface area contributed by atoms with Gasteiger partial charge in [-0.1, -0.05) is 0 Å². The third kappa shape index (κ3) is 4.44. The zero-order valence-corrected chi connectivity index (χ0v) is 7.77. The topological polar surface area (TPSA) is 27.7 Å². The van der Waals surface area contributed by atoms with Crippen molar-refractivity contribution in [2.45, 2.75) is 25.0 Å². The van der Waals surface area contributed by atoms with E-state index in [2.05, 4.69) is 14.2 Å². The maximum atomic E-state index is 11.8. The van der Waals surface area contributed by atoms with Crippen molar-refractivity contribution in [3.05, 3.63) is 0 Å². The molecule has 0 N–H and O–H groups in total. The molecule has 3 nitrogen and oxygen atoms in total. The van der Waals surface area contributed by atoms with E-state index in [4.69, 9.17) is 0 Å². The van der Waals surface area contributed by atoms with E-state index >= 15 is 0 Å². The largest absolute Gasteiger partial charge is 0.389 e. The molecule has 0 aliphatic carbocycles. The van der Waals surface area contributed by atoms with Crippen LogP contribution in [0.25, 0.3) is 0 Å². The summed E-state index contributed by atoms with van der Waals surface area (Å²) < 4.78 is 49.5. The predicted octanol–water partition coefficient (Wildman–Crippen LogP) is 1.92. The zero-order valence-electron chi connectivity index (χ0n) is 7.77. The molecular formula is C7H13F3O3. The molecule has 0 spiro atoms. The lowest BCUT2D eigenvalue weighted by Gasteiger charge is -2.28. The van der Waals surface area contributed by atoms with E-state index in [9.17, 15) is 13.2 Å². The summed E-state index contributed by atoms with van der Waals surface area (Å²) in [6.07, 6.45) is -5.64. The molecule has 0 rings (SSSR count). The molecule has 0 radical (unpaired) electrons. The van der Waals surface area contributed by atoms with Gasteiger partial charge in [0.05, 0.1) is 6.42 Å². The maximum Gasteiger partial charge on any atom is 0.389 e. The number of rotatable bonds is 5. The van der Waals surface area contributed by atoms with Crippen LogP contribution >= 0.6 is 0 Å². The van der Waals surface area contributed by atoms with Crippen LogP contribution in [0.4, 0.5) is 13.2 Å². The van der Waals surface area contributed by atoms with Gasteiger partial charge in [0.1, 0.15) is 0 Å². The van der Waals surface area contributed by atoms with E-state index in [1.807, 2.05) is 0 Å². The number of alkyl halides is 3. The van der Waals surface area contributed by atoms with Gasteiger partial charge in [0.2, 0.25) is 0 Å². The average Bonchev–Trinajstić information content (AvgIpc) is 2.06. The molecular weight excluding hydrogens is 189 g/mol. The van der Waals surface area contributed by atoms with Gasteiger partial charge in [-0.25, -0.2) is 0 Å². The first kappa shape index (κ1) is 12.7. The molecule has 0 heterocycles. The van der Waals surface area contributed by atoms with Crippen LogP contribution in [0.3, 0.4) is 0 Å². The molecule has 0 bridgehead atoms. The Morgan fingerprint density at radius 2 is 1.23 bits per heavy atom. The predicted molar refractivity (Wildman–Crippen MR) is 39.0 cm³/mol. The van der Waals surface area contributed by atoms with Crippen molar-refractivity contribution in [1.29, 1.82) is 0 Å². The molecule has 0 unspecified atom stereocenters. The summed E-state index contributed by atoms with van der Waals surface area (Å²) in [5.41, 5.74) is 0. The first-order chi connectivity index (χ1) is 5.89. The fourth-order valence-corrected chi connectivity index (χ4v) is 0.851. The highest BCUT2D eigenvalue weighted by Crippen LogP contribution is 2.28. The van der Waals surface area contributed by atoms with Crippen LogP contribution in [-0.2, 0) is 14.2 Å². The molecule has 0 aromatic rings. The Morgan fingerprint density at radius 3 is 1.46 bits per heavy atom. The summed E-state index contributed by atoms with van der Waals surface area (Å²) in [7, 11) is 3.68. The van der Waals surface area contributed by atoms with Crippen LogP contribution in [0.2, 0.25) is 0 Å². The minimum Gasteiger partial charge on any atom is -0.331 e. The molecule has 13 heavy (non-hydrogen) atoms. The molecule has 0 saturated heterocycles. The van der Waals surface area contributed by atoms with Gasteiger partial charge >= 0.3 is 6.18 Å². The number of ether oxygens (including phenoxy) is 3. The van der Waals surface area contributed by atoms with Gasteiger partial charge in [-0.15, -0.1) is 0 Å². The normalized spacial score (nSPS) is 13.4. The number of hydrogen-bond acceptors (Lipinski definition) is 3. The second kappa shape index (κ2) is 4.78. The van der Waals surface area contributed by atoms with Crippen molar-refractivity contribution in [3.63, 3.8) is 0 Å². The van der Waals surface area contributed by atoms with E-state index in [1.54, 1.807) is 0 Å². The highest BCUT2D eigenvalue weighted by molar-refractivity contribution is 4.60. The van der Waals surface area contributed by atoms with Crippen LogP contribution in [0.5, 0.6) is 0 Å². The van der Waals surface area contributed by atoms with Crippen LogP contribution in [0, 0.1) is 0 Å². The van der Waals surface area contributed by atoms with Gasteiger partial charge in [-0.05, 0) is 0 Å². The van der Waals surface area contributed by atoms with Crippen LogP contribution in [0.15, 0.2) is 0 Å². The Balaban J connectivity index is 4.11. The second-order valence-electron chi connectivity index (χ2n) is 2.41. The SMILES string of the molecule is COC(CCC(F)(F)F)(OC)OC. The summed E-state index contributed by atoms with van der Waals surface area (Å²) in [5, 5.41) is 0. The van der Waals surface area contributed by atoms with E-state index in [1.165, 1.54) is 21.3 Å². The van der Waals surface area contributed by atoms with Crippen LogP contribution in [0.1, 0.15) is 12.8 Å². The fraction of sp³-hybridized carbons (Fsp3) is 1.00. The Morgan fingerprint density at radius 1 is 0.846 bits per heavy atom. The van der Waals surface area contributed by atoms with Gasteiger partial charge < -0.3 is 14.2 Å². The summed E-state index contributed by atoms with van der Waals surface area (Å²) in [4.78, 5) is 0. The molecule has 0 fully saturated rings. The minimum absolute atomic E-state index is 0.389. The van der Waals surface area contributed by atoms with Crippen LogP contribution in [-0.4, -0.2) is 33.5 Å². The first-order valence-electron chi connectivity index (χ1n) is 3.61. The Labute approximate surface area is 74.8 Å². The number of hydrogen-bond donors (Lipinski definition) is 0. The standard InChI is InChI=1S/C7H13F3O3/c1-11-7(12-2,13-3)5-4-6(8,9)10/h4-5H2,1-3H3. The van der Waals surface area contributed by atoms with Gasteiger partial charge in [0.15, 0.2) is 0 Å². The number of methoxy groups -OCH3 is 3. The van der Waals surface area contributed by atoms with Crippen molar-refractivity contribution >= 4 is 0 Å². The fourth-order valence-electron chi connectivity index (χ4n) is 0.851. The molecule has 0 aromatic heterocycles.